The number of nitrogens with one attached hydrogen (secondary N) is 1. The van der Waals surface area contributed by atoms with Crippen LogP contribution in [0.1, 0.15) is 13.8 Å². The highest BCUT2D eigenvalue weighted by Gasteiger charge is 2.31. The van der Waals surface area contributed by atoms with E-state index < -0.39 is 0 Å². The Morgan fingerprint density at radius 3 is 2.92 bits per heavy atom. The summed E-state index contributed by atoms with van der Waals surface area (Å²) in [7, 11) is 0. The lowest BCUT2D eigenvalue weighted by atomic mass is 10.1. The molecule has 0 aromatic heterocycles. The smallest absolute Gasteiger partial charge is 0.237 e. The monoisotopic (exact) mass is 185 g/mol. The number of amides is 2. The maximum Gasteiger partial charge on any atom is 0.237 e. The zero-order valence-electron chi connectivity index (χ0n) is 7.91. The van der Waals surface area contributed by atoms with Gasteiger partial charge in [-0.3, -0.25) is 14.5 Å². The SMILES string of the molecule is CC(C(N)=O)N1CCNC(=O)C1C. The molecule has 0 radical (unpaired) electrons. The van der Waals surface area contributed by atoms with Crippen molar-refractivity contribution >= 4 is 11.8 Å². The minimum atomic E-state index is -0.387. The van der Waals surface area contributed by atoms with Gasteiger partial charge in [0.1, 0.15) is 0 Å². The Morgan fingerprint density at radius 2 is 2.38 bits per heavy atom. The Kier molecular flexibility index (Phi) is 2.87. The second-order valence-electron chi connectivity index (χ2n) is 3.28. The molecule has 2 unspecified atom stereocenters. The average molecular weight is 185 g/mol. The highest BCUT2D eigenvalue weighted by atomic mass is 16.2. The molecule has 2 atom stereocenters. The first-order chi connectivity index (χ1) is 6.04. The summed E-state index contributed by atoms with van der Waals surface area (Å²) in [6.07, 6.45) is 0. The summed E-state index contributed by atoms with van der Waals surface area (Å²) in [5.74, 6) is -0.430. The first-order valence-corrected chi connectivity index (χ1v) is 4.37. The van der Waals surface area contributed by atoms with Gasteiger partial charge in [-0.15, -0.1) is 0 Å². The molecule has 0 aromatic rings. The van der Waals surface area contributed by atoms with Crippen molar-refractivity contribution in [2.45, 2.75) is 25.9 Å². The second-order valence-corrected chi connectivity index (χ2v) is 3.28. The molecule has 0 spiro atoms. The van der Waals surface area contributed by atoms with Crippen molar-refractivity contribution in [3.05, 3.63) is 0 Å². The summed E-state index contributed by atoms with van der Waals surface area (Å²) in [6.45, 7) is 4.75. The molecule has 0 aliphatic carbocycles. The first-order valence-electron chi connectivity index (χ1n) is 4.37. The van der Waals surface area contributed by atoms with Crippen molar-refractivity contribution in [3.63, 3.8) is 0 Å². The molecule has 5 heteroatoms. The van der Waals surface area contributed by atoms with Gasteiger partial charge in [0.2, 0.25) is 11.8 Å². The van der Waals surface area contributed by atoms with Gasteiger partial charge in [-0.1, -0.05) is 0 Å². The zero-order valence-corrected chi connectivity index (χ0v) is 7.91. The van der Waals surface area contributed by atoms with Crippen molar-refractivity contribution in [1.29, 1.82) is 0 Å². The molecule has 13 heavy (non-hydrogen) atoms. The number of carbonyl (C=O) groups excluding carboxylic acids is 2. The molecule has 0 aromatic carbocycles. The van der Waals surface area contributed by atoms with Gasteiger partial charge in [0, 0.05) is 13.1 Å². The Morgan fingerprint density at radius 1 is 1.77 bits per heavy atom. The van der Waals surface area contributed by atoms with Crippen molar-refractivity contribution < 1.29 is 9.59 Å². The van der Waals surface area contributed by atoms with Gasteiger partial charge in [-0.2, -0.15) is 0 Å². The summed E-state index contributed by atoms with van der Waals surface area (Å²) in [5.41, 5.74) is 5.16. The number of nitrogens with two attached hydrogens (primary N) is 1. The van der Waals surface area contributed by atoms with Crippen molar-refractivity contribution in [2.75, 3.05) is 13.1 Å². The molecular formula is C8H15N3O2. The fourth-order valence-corrected chi connectivity index (χ4v) is 1.49. The third kappa shape index (κ3) is 1.98. The molecule has 1 heterocycles. The van der Waals surface area contributed by atoms with Crippen molar-refractivity contribution in [3.8, 4) is 0 Å². The van der Waals surface area contributed by atoms with Gasteiger partial charge in [-0.05, 0) is 13.8 Å². The molecule has 2 amide bonds. The van der Waals surface area contributed by atoms with E-state index in [0.29, 0.717) is 13.1 Å². The number of nitrogens with zero attached hydrogens (tertiary/aromatic N) is 1. The number of hydrogen-bond donors (Lipinski definition) is 2. The quantitative estimate of drug-likeness (QED) is 0.560. The number of primary amides is 1. The van der Waals surface area contributed by atoms with Crippen molar-refractivity contribution in [2.24, 2.45) is 5.73 Å². The van der Waals surface area contributed by atoms with Gasteiger partial charge in [-0.25, -0.2) is 0 Å². The van der Waals surface area contributed by atoms with Crippen LogP contribution in [0.25, 0.3) is 0 Å². The fourth-order valence-electron chi connectivity index (χ4n) is 1.49. The average Bonchev–Trinajstić information content (AvgIpc) is 2.08. The number of piperazine rings is 1. The van der Waals surface area contributed by atoms with Crippen LogP contribution in [-0.4, -0.2) is 41.9 Å². The molecular weight excluding hydrogens is 170 g/mol. The molecule has 1 rings (SSSR count). The van der Waals surface area contributed by atoms with E-state index in [-0.39, 0.29) is 23.9 Å². The van der Waals surface area contributed by atoms with Gasteiger partial charge in [0.25, 0.3) is 0 Å². The van der Waals surface area contributed by atoms with Crippen LogP contribution in [0, 0.1) is 0 Å². The molecule has 74 valence electrons. The van der Waals surface area contributed by atoms with Crippen LogP contribution in [-0.2, 0) is 9.59 Å². The Labute approximate surface area is 77.3 Å². The predicted molar refractivity (Wildman–Crippen MR) is 47.8 cm³/mol. The number of carbonyl (C=O) groups is 2. The lowest BCUT2D eigenvalue weighted by Gasteiger charge is -2.35. The van der Waals surface area contributed by atoms with Crippen LogP contribution in [0.15, 0.2) is 0 Å². The van der Waals surface area contributed by atoms with E-state index in [1.807, 2.05) is 0 Å². The maximum absolute atomic E-state index is 11.2. The van der Waals surface area contributed by atoms with Crippen LogP contribution in [0.3, 0.4) is 0 Å². The van der Waals surface area contributed by atoms with Crippen LogP contribution >= 0.6 is 0 Å². The van der Waals surface area contributed by atoms with E-state index in [1.54, 1.807) is 18.7 Å². The lowest BCUT2D eigenvalue weighted by Crippen LogP contribution is -2.59. The molecule has 0 saturated carbocycles. The second kappa shape index (κ2) is 3.74. The molecule has 0 bridgehead atoms. The van der Waals surface area contributed by atoms with Gasteiger partial charge < -0.3 is 11.1 Å². The van der Waals surface area contributed by atoms with Gasteiger partial charge in [0.05, 0.1) is 12.1 Å². The number of rotatable bonds is 2. The minimum Gasteiger partial charge on any atom is -0.368 e. The Balaban J connectivity index is 2.67. The van der Waals surface area contributed by atoms with Crippen LogP contribution in [0.5, 0.6) is 0 Å². The molecule has 1 saturated heterocycles. The predicted octanol–water partition coefficient (Wildman–Crippen LogP) is -1.32. The Hall–Kier alpha value is -1.10. The first kappa shape index (κ1) is 9.98. The van der Waals surface area contributed by atoms with E-state index in [4.69, 9.17) is 5.73 Å². The zero-order chi connectivity index (χ0) is 10.0. The Bertz CT molecular complexity index is 225. The standard InChI is InChI=1S/C8H15N3O2/c1-5(7(9)12)11-4-3-10-8(13)6(11)2/h5-6H,3-4H2,1-2H3,(H2,9,12)(H,10,13). The topological polar surface area (TPSA) is 75.4 Å². The van der Waals surface area contributed by atoms with Gasteiger partial charge in [0.15, 0.2) is 0 Å². The van der Waals surface area contributed by atoms with Crippen molar-refractivity contribution in [1.82, 2.24) is 10.2 Å². The molecule has 5 nitrogen and oxygen atoms in total. The highest BCUT2D eigenvalue weighted by molar-refractivity contribution is 5.84. The van der Waals surface area contributed by atoms with E-state index in [9.17, 15) is 9.59 Å². The largest absolute Gasteiger partial charge is 0.368 e. The highest BCUT2D eigenvalue weighted by Crippen LogP contribution is 2.08. The maximum atomic E-state index is 11.2. The van der Waals surface area contributed by atoms with E-state index >= 15 is 0 Å². The minimum absolute atomic E-state index is 0.0423. The van der Waals surface area contributed by atoms with E-state index in [2.05, 4.69) is 5.32 Å². The van der Waals surface area contributed by atoms with Crippen LogP contribution in [0.4, 0.5) is 0 Å². The third-order valence-electron chi connectivity index (χ3n) is 2.46. The molecule has 1 fully saturated rings. The number of hydrogen-bond acceptors (Lipinski definition) is 3. The molecule has 1 aliphatic rings. The summed E-state index contributed by atoms with van der Waals surface area (Å²) in [6, 6.07) is -0.641. The summed E-state index contributed by atoms with van der Waals surface area (Å²) in [5, 5.41) is 2.72. The summed E-state index contributed by atoms with van der Waals surface area (Å²) < 4.78 is 0. The summed E-state index contributed by atoms with van der Waals surface area (Å²) in [4.78, 5) is 23.9. The fraction of sp³-hybridized carbons (Fsp3) is 0.750. The van der Waals surface area contributed by atoms with E-state index in [0.717, 1.165) is 0 Å². The molecule has 3 N–H and O–H groups in total. The van der Waals surface area contributed by atoms with Crippen LogP contribution in [0.2, 0.25) is 0 Å². The lowest BCUT2D eigenvalue weighted by molar-refractivity contribution is -0.132. The van der Waals surface area contributed by atoms with E-state index in [1.165, 1.54) is 0 Å². The summed E-state index contributed by atoms with van der Waals surface area (Å²) >= 11 is 0. The molecule has 1 aliphatic heterocycles. The third-order valence-corrected chi connectivity index (χ3v) is 2.46. The van der Waals surface area contributed by atoms with Gasteiger partial charge >= 0.3 is 0 Å². The normalized spacial score (nSPS) is 26.6. The van der Waals surface area contributed by atoms with Crippen LogP contribution < -0.4 is 11.1 Å².